The van der Waals surface area contributed by atoms with Crippen molar-refractivity contribution >= 4 is 0 Å². The van der Waals surface area contributed by atoms with Crippen LogP contribution in [0.5, 0.6) is 0 Å². The minimum atomic E-state index is -0.668. The van der Waals surface area contributed by atoms with Crippen LogP contribution in [-0.2, 0) is 0 Å². The third kappa shape index (κ3) is 5.28. The Morgan fingerprint density at radius 3 is 1.75 bits per heavy atom. The van der Waals surface area contributed by atoms with Crippen molar-refractivity contribution in [1.29, 1.82) is 0 Å². The lowest BCUT2D eigenvalue weighted by Gasteiger charge is -2.37. The molecule has 3 nitrogen and oxygen atoms in total. The molecule has 0 fully saturated rings. The van der Waals surface area contributed by atoms with Gasteiger partial charge in [0, 0.05) is 25.1 Å². The fourth-order valence-electron chi connectivity index (χ4n) is 2.05. The Hall–Kier alpha value is -0.120. The monoisotopic (exact) mass is 231 g/mol. The fraction of sp³-hybridized carbons (Fsp3) is 1.00. The highest BCUT2D eigenvalue weighted by Gasteiger charge is 2.29. The summed E-state index contributed by atoms with van der Waals surface area (Å²) in [6.45, 7) is 12.6. The fourth-order valence-corrected chi connectivity index (χ4v) is 2.05. The molecule has 0 aromatic carbocycles. The molecule has 0 aliphatic carbocycles. The van der Waals surface area contributed by atoms with Crippen molar-refractivity contribution in [2.75, 3.05) is 26.2 Å². The van der Waals surface area contributed by atoms with Crippen molar-refractivity contribution in [3.05, 3.63) is 0 Å². The SMILES string of the molecule is CCN(CC(C)(C)O)CC(CC)(CC)CO. The first kappa shape index (κ1) is 15.9. The first-order valence-electron chi connectivity index (χ1n) is 6.38. The predicted molar refractivity (Wildman–Crippen MR) is 68.5 cm³/mol. The molecule has 0 bridgehead atoms. The van der Waals surface area contributed by atoms with E-state index in [1.807, 2.05) is 13.8 Å². The van der Waals surface area contributed by atoms with Gasteiger partial charge in [-0.3, -0.25) is 0 Å². The van der Waals surface area contributed by atoms with E-state index in [0.29, 0.717) is 6.54 Å². The topological polar surface area (TPSA) is 43.7 Å². The molecular formula is C13H29NO2. The molecule has 0 aromatic rings. The molecular weight excluding hydrogens is 202 g/mol. The number of hydrogen-bond donors (Lipinski definition) is 2. The van der Waals surface area contributed by atoms with Crippen LogP contribution in [-0.4, -0.2) is 47.0 Å². The van der Waals surface area contributed by atoms with Crippen LogP contribution in [0.2, 0.25) is 0 Å². The zero-order chi connectivity index (χ0) is 12.8. The molecule has 0 amide bonds. The van der Waals surface area contributed by atoms with Gasteiger partial charge in [0.25, 0.3) is 0 Å². The van der Waals surface area contributed by atoms with Crippen molar-refractivity contribution < 1.29 is 10.2 Å². The first-order chi connectivity index (χ1) is 7.32. The minimum Gasteiger partial charge on any atom is -0.396 e. The van der Waals surface area contributed by atoms with Gasteiger partial charge in [0.05, 0.1) is 5.60 Å². The highest BCUT2D eigenvalue weighted by Crippen LogP contribution is 2.27. The van der Waals surface area contributed by atoms with E-state index in [9.17, 15) is 10.2 Å². The zero-order valence-corrected chi connectivity index (χ0v) is 11.6. The molecule has 0 spiro atoms. The van der Waals surface area contributed by atoms with Crippen LogP contribution in [0.4, 0.5) is 0 Å². The number of aliphatic hydroxyl groups is 2. The van der Waals surface area contributed by atoms with E-state index in [2.05, 4.69) is 25.7 Å². The lowest BCUT2D eigenvalue weighted by molar-refractivity contribution is 0.00627. The lowest BCUT2D eigenvalue weighted by Crippen LogP contribution is -2.45. The van der Waals surface area contributed by atoms with E-state index in [1.165, 1.54) is 0 Å². The maximum Gasteiger partial charge on any atom is 0.0718 e. The summed E-state index contributed by atoms with van der Waals surface area (Å²) in [7, 11) is 0. The van der Waals surface area contributed by atoms with Gasteiger partial charge in [0.1, 0.15) is 0 Å². The van der Waals surface area contributed by atoms with Crippen LogP contribution >= 0.6 is 0 Å². The highest BCUT2D eigenvalue weighted by molar-refractivity contribution is 4.82. The van der Waals surface area contributed by atoms with Crippen molar-refractivity contribution in [2.24, 2.45) is 5.41 Å². The molecule has 3 heteroatoms. The Kier molecular flexibility index (Phi) is 6.53. The second kappa shape index (κ2) is 6.58. The highest BCUT2D eigenvalue weighted by atomic mass is 16.3. The van der Waals surface area contributed by atoms with Gasteiger partial charge in [-0.1, -0.05) is 20.8 Å². The molecule has 0 saturated heterocycles. The summed E-state index contributed by atoms with van der Waals surface area (Å²) < 4.78 is 0. The quantitative estimate of drug-likeness (QED) is 0.670. The Balaban J connectivity index is 4.50. The van der Waals surface area contributed by atoms with Gasteiger partial charge in [-0.05, 0) is 33.2 Å². The second-order valence-corrected chi connectivity index (χ2v) is 5.48. The molecule has 0 saturated carbocycles. The summed E-state index contributed by atoms with van der Waals surface area (Å²) in [5, 5.41) is 19.4. The van der Waals surface area contributed by atoms with E-state index in [1.54, 1.807) is 0 Å². The van der Waals surface area contributed by atoms with Crippen LogP contribution in [0.1, 0.15) is 47.5 Å². The molecule has 0 radical (unpaired) electrons. The van der Waals surface area contributed by atoms with E-state index in [0.717, 1.165) is 25.9 Å². The molecule has 16 heavy (non-hydrogen) atoms. The minimum absolute atomic E-state index is 0.0126. The van der Waals surface area contributed by atoms with Crippen LogP contribution in [0, 0.1) is 5.41 Å². The Morgan fingerprint density at radius 1 is 1.00 bits per heavy atom. The standard InChI is InChI=1S/C13H29NO2/c1-6-13(7-2,11-15)10-14(8-3)9-12(4,5)16/h15-16H,6-11H2,1-5H3. The Bertz CT molecular complexity index is 175. The summed E-state index contributed by atoms with van der Waals surface area (Å²) >= 11 is 0. The van der Waals surface area contributed by atoms with Crippen molar-refractivity contribution in [3.63, 3.8) is 0 Å². The van der Waals surface area contributed by atoms with E-state index >= 15 is 0 Å². The Labute approximate surface area is 100 Å². The van der Waals surface area contributed by atoms with E-state index < -0.39 is 5.60 Å². The van der Waals surface area contributed by atoms with E-state index in [-0.39, 0.29) is 12.0 Å². The largest absolute Gasteiger partial charge is 0.396 e. The zero-order valence-electron chi connectivity index (χ0n) is 11.6. The smallest absolute Gasteiger partial charge is 0.0718 e. The first-order valence-corrected chi connectivity index (χ1v) is 6.38. The molecule has 2 N–H and O–H groups in total. The molecule has 0 aliphatic rings. The maximum atomic E-state index is 9.83. The summed E-state index contributed by atoms with van der Waals surface area (Å²) in [6.07, 6.45) is 1.95. The average molecular weight is 231 g/mol. The summed E-state index contributed by atoms with van der Waals surface area (Å²) in [5.41, 5.74) is -0.681. The van der Waals surface area contributed by atoms with E-state index in [4.69, 9.17) is 0 Å². The van der Waals surface area contributed by atoms with Gasteiger partial charge in [0.15, 0.2) is 0 Å². The number of likely N-dealkylation sites (N-methyl/N-ethyl adjacent to an activating group) is 1. The van der Waals surface area contributed by atoms with Gasteiger partial charge in [-0.2, -0.15) is 0 Å². The number of aliphatic hydroxyl groups excluding tert-OH is 1. The summed E-state index contributed by atoms with van der Waals surface area (Å²) in [6, 6.07) is 0. The van der Waals surface area contributed by atoms with Gasteiger partial charge in [-0.25, -0.2) is 0 Å². The third-order valence-corrected chi connectivity index (χ3v) is 3.45. The van der Waals surface area contributed by atoms with Gasteiger partial charge >= 0.3 is 0 Å². The number of nitrogens with zero attached hydrogens (tertiary/aromatic N) is 1. The van der Waals surface area contributed by atoms with Crippen LogP contribution < -0.4 is 0 Å². The number of hydrogen-bond acceptors (Lipinski definition) is 3. The van der Waals surface area contributed by atoms with Gasteiger partial charge in [-0.15, -0.1) is 0 Å². The van der Waals surface area contributed by atoms with Gasteiger partial charge < -0.3 is 15.1 Å². The van der Waals surface area contributed by atoms with Crippen LogP contribution in [0.15, 0.2) is 0 Å². The maximum absolute atomic E-state index is 9.83. The summed E-state index contributed by atoms with van der Waals surface area (Å²) in [4.78, 5) is 2.23. The molecule has 0 atom stereocenters. The predicted octanol–water partition coefficient (Wildman–Crippen LogP) is 1.88. The van der Waals surface area contributed by atoms with Gasteiger partial charge in [0.2, 0.25) is 0 Å². The van der Waals surface area contributed by atoms with Crippen LogP contribution in [0.25, 0.3) is 0 Å². The molecule has 0 aliphatic heterocycles. The molecule has 0 rings (SSSR count). The third-order valence-electron chi connectivity index (χ3n) is 3.45. The molecule has 0 unspecified atom stereocenters. The van der Waals surface area contributed by atoms with Crippen molar-refractivity contribution in [2.45, 2.75) is 53.1 Å². The van der Waals surface area contributed by atoms with Crippen molar-refractivity contribution in [3.8, 4) is 0 Å². The lowest BCUT2D eigenvalue weighted by atomic mass is 9.82. The van der Waals surface area contributed by atoms with Crippen molar-refractivity contribution in [1.82, 2.24) is 4.90 Å². The second-order valence-electron chi connectivity index (χ2n) is 5.48. The average Bonchev–Trinajstić information content (AvgIpc) is 2.23. The van der Waals surface area contributed by atoms with Crippen LogP contribution in [0.3, 0.4) is 0 Å². The molecule has 98 valence electrons. The Morgan fingerprint density at radius 2 is 1.50 bits per heavy atom. The number of rotatable bonds is 8. The molecule has 0 heterocycles. The normalized spacial score (nSPS) is 13.5. The molecule has 0 aromatic heterocycles. The summed E-state index contributed by atoms with van der Waals surface area (Å²) in [5.74, 6) is 0.